The highest BCUT2D eigenvalue weighted by Crippen LogP contribution is 2.33. The summed E-state index contributed by atoms with van der Waals surface area (Å²) >= 11 is 0. The lowest BCUT2D eigenvalue weighted by Crippen LogP contribution is -1.99. The molecule has 3 heterocycles. The first-order valence-corrected chi connectivity index (χ1v) is 9.03. The van der Waals surface area contributed by atoms with Gasteiger partial charge in [0.15, 0.2) is 5.82 Å². The number of pyridine rings is 1. The van der Waals surface area contributed by atoms with Gasteiger partial charge in [0.1, 0.15) is 5.69 Å². The maximum Gasteiger partial charge on any atom is 0.164 e. The van der Waals surface area contributed by atoms with Crippen LogP contribution in [-0.2, 0) is 0 Å². The minimum Gasteiger partial charge on any atom is -0.292 e. The van der Waals surface area contributed by atoms with E-state index >= 15 is 0 Å². The molecular formula is C24H15N3. The quantitative estimate of drug-likeness (QED) is 0.374. The number of nitrogens with zero attached hydrogens (tertiary/aromatic N) is 3. The van der Waals surface area contributed by atoms with Crippen LogP contribution in [0.4, 0.5) is 0 Å². The second-order valence-corrected chi connectivity index (χ2v) is 6.76. The molecule has 0 saturated carbocycles. The van der Waals surface area contributed by atoms with E-state index in [9.17, 15) is 0 Å². The molecule has 3 aromatic carbocycles. The molecule has 3 heteroatoms. The summed E-state index contributed by atoms with van der Waals surface area (Å²) in [6, 6.07) is 29.4. The molecule has 0 bridgehead atoms. The smallest absolute Gasteiger partial charge is 0.164 e. The molecule has 0 amide bonds. The Morgan fingerprint density at radius 3 is 2.30 bits per heavy atom. The van der Waals surface area contributed by atoms with E-state index in [2.05, 4.69) is 77.2 Å². The van der Waals surface area contributed by atoms with Crippen LogP contribution in [0.1, 0.15) is 0 Å². The Morgan fingerprint density at radius 1 is 0.630 bits per heavy atom. The normalized spacial score (nSPS) is 11.7. The lowest BCUT2D eigenvalue weighted by molar-refractivity contribution is 1.15. The molecule has 0 spiro atoms. The zero-order chi connectivity index (χ0) is 17.8. The van der Waals surface area contributed by atoms with Crippen molar-refractivity contribution in [1.29, 1.82) is 0 Å². The van der Waals surface area contributed by atoms with Gasteiger partial charge in [-0.3, -0.25) is 9.38 Å². The average Bonchev–Trinajstić information content (AvgIpc) is 3.13. The summed E-state index contributed by atoms with van der Waals surface area (Å²) in [5.41, 5.74) is 4.20. The van der Waals surface area contributed by atoms with E-state index in [4.69, 9.17) is 9.97 Å². The van der Waals surface area contributed by atoms with Crippen LogP contribution in [-0.4, -0.2) is 14.4 Å². The third-order valence-corrected chi connectivity index (χ3v) is 5.21. The van der Waals surface area contributed by atoms with Crippen molar-refractivity contribution < 1.29 is 0 Å². The molecule has 0 N–H and O–H groups in total. The van der Waals surface area contributed by atoms with Crippen molar-refractivity contribution in [2.75, 3.05) is 0 Å². The summed E-state index contributed by atoms with van der Waals surface area (Å²) in [7, 11) is 0. The van der Waals surface area contributed by atoms with Gasteiger partial charge in [0.05, 0.1) is 16.6 Å². The standard InChI is InChI=1S/C24H15N3/c1-3-9-18-16(7-1)13-14-25-23(18)24-26-20-11-5-4-10-19(20)22-15-17-8-2-6-12-21(17)27(22)24/h1-15H. The van der Waals surface area contributed by atoms with Crippen molar-refractivity contribution in [3.63, 3.8) is 0 Å². The highest BCUT2D eigenvalue weighted by molar-refractivity contribution is 6.04. The van der Waals surface area contributed by atoms with Crippen molar-refractivity contribution in [3.8, 4) is 11.5 Å². The summed E-state index contributed by atoms with van der Waals surface area (Å²) in [4.78, 5) is 9.78. The third kappa shape index (κ3) is 2.02. The minimum atomic E-state index is 0.877. The van der Waals surface area contributed by atoms with Gasteiger partial charge in [0.2, 0.25) is 0 Å². The molecule has 6 aromatic rings. The summed E-state index contributed by atoms with van der Waals surface area (Å²) in [6.07, 6.45) is 1.87. The van der Waals surface area contributed by atoms with Gasteiger partial charge in [-0.25, -0.2) is 4.98 Å². The van der Waals surface area contributed by atoms with Crippen LogP contribution < -0.4 is 0 Å². The highest BCUT2D eigenvalue weighted by Gasteiger charge is 2.16. The first-order chi connectivity index (χ1) is 13.4. The van der Waals surface area contributed by atoms with E-state index < -0.39 is 0 Å². The van der Waals surface area contributed by atoms with Crippen LogP contribution in [0, 0.1) is 0 Å². The molecule has 0 atom stereocenters. The van der Waals surface area contributed by atoms with Crippen LogP contribution in [0.2, 0.25) is 0 Å². The molecule has 27 heavy (non-hydrogen) atoms. The fourth-order valence-corrected chi connectivity index (χ4v) is 3.99. The predicted molar refractivity (Wildman–Crippen MR) is 111 cm³/mol. The summed E-state index contributed by atoms with van der Waals surface area (Å²) in [6.45, 7) is 0. The fourth-order valence-electron chi connectivity index (χ4n) is 3.99. The van der Waals surface area contributed by atoms with Crippen molar-refractivity contribution >= 4 is 38.1 Å². The van der Waals surface area contributed by atoms with Gasteiger partial charge in [-0.15, -0.1) is 0 Å². The number of rotatable bonds is 1. The number of aromatic nitrogens is 3. The zero-order valence-electron chi connectivity index (χ0n) is 14.5. The molecule has 126 valence electrons. The monoisotopic (exact) mass is 345 g/mol. The molecule has 0 aliphatic rings. The summed E-state index contributed by atoms with van der Waals surface area (Å²) in [5.74, 6) is 0.877. The van der Waals surface area contributed by atoms with Gasteiger partial charge in [0, 0.05) is 22.4 Å². The number of benzene rings is 3. The van der Waals surface area contributed by atoms with Crippen LogP contribution >= 0.6 is 0 Å². The molecule has 6 rings (SSSR count). The van der Waals surface area contributed by atoms with Crippen molar-refractivity contribution in [2.24, 2.45) is 0 Å². The minimum absolute atomic E-state index is 0.877. The van der Waals surface area contributed by atoms with Crippen molar-refractivity contribution in [3.05, 3.63) is 91.1 Å². The largest absolute Gasteiger partial charge is 0.292 e. The number of hydrogen-bond acceptors (Lipinski definition) is 2. The number of para-hydroxylation sites is 2. The molecule has 3 aromatic heterocycles. The van der Waals surface area contributed by atoms with E-state index in [1.807, 2.05) is 18.3 Å². The molecular weight excluding hydrogens is 330 g/mol. The first-order valence-electron chi connectivity index (χ1n) is 9.03. The van der Waals surface area contributed by atoms with Gasteiger partial charge in [-0.05, 0) is 29.7 Å². The zero-order valence-corrected chi connectivity index (χ0v) is 14.5. The van der Waals surface area contributed by atoms with Crippen LogP contribution in [0.15, 0.2) is 91.1 Å². The fraction of sp³-hybridized carbons (Fsp3) is 0. The predicted octanol–water partition coefficient (Wildman–Crippen LogP) is 5.86. The second kappa shape index (κ2) is 5.39. The Balaban J connectivity index is 1.88. The van der Waals surface area contributed by atoms with Gasteiger partial charge < -0.3 is 0 Å². The van der Waals surface area contributed by atoms with Gasteiger partial charge in [-0.1, -0.05) is 60.7 Å². The van der Waals surface area contributed by atoms with Gasteiger partial charge in [-0.2, -0.15) is 0 Å². The van der Waals surface area contributed by atoms with E-state index in [0.717, 1.165) is 38.8 Å². The van der Waals surface area contributed by atoms with E-state index in [1.165, 1.54) is 10.8 Å². The van der Waals surface area contributed by atoms with Crippen LogP contribution in [0.25, 0.3) is 49.6 Å². The van der Waals surface area contributed by atoms with Crippen molar-refractivity contribution in [2.45, 2.75) is 0 Å². The summed E-state index contributed by atoms with van der Waals surface area (Å²) in [5, 5.41) is 4.64. The molecule has 3 nitrogen and oxygen atoms in total. The summed E-state index contributed by atoms with van der Waals surface area (Å²) < 4.78 is 2.24. The molecule has 0 saturated heterocycles. The van der Waals surface area contributed by atoms with Gasteiger partial charge >= 0.3 is 0 Å². The molecule has 0 radical (unpaired) electrons. The molecule has 0 aliphatic heterocycles. The Hall–Kier alpha value is -3.72. The lowest BCUT2D eigenvalue weighted by Gasteiger charge is -2.11. The Kier molecular flexibility index (Phi) is 2.88. The molecule has 0 unspecified atom stereocenters. The van der Waals surface area contributed by atoms with E-state index in [0.29, 0.717) is 0 Å². The number of hydrogen-bond donors (Lipinski definition) is 0. The molecule has 0 aliphatic carbocycles. The Morgan fingerprint density at radius 2 is 1.37 bits per heavy atom. The van der Waals surface area contributed by atoms with Crippen LogP contribution in [0.5, 0.6) is 0 Å². The third-order valence-electron chi connectivity index (χ3n) is 5.21. The maximum atomic E-state index is 5.05. The number of fused-ring (bicyclic) bond motifs is 6. The topological polar surface area (TPSA) is 30.2 Å². The van der Waals surface area contributed by atoms with E-state index in [-0.39, 0.29) is 0 Å². The van der Waals surface area contributed by atoms with Crippen LogP contribution in [0.3, 0.4) is 0 Å². The molecule has 0 fully saturated rings. The first kappa shape index (κ1) is 14.4. The highest BCUT2D eigenvalue weighted by atomic mass is 15.0. The van der Waals surface area contributed by atoms with Gasteiger partial charge in [0.25, 0.3) is 0 Å². The SMILES string of the molecule is c1ccc2c(-c3nc4ccccc4c4cc5ccccc5n34)nccc2c1. The maximum absolute atomic E-state index is 5.05. The van der Waals surface area contributed by atoms with Crippen molar-refractivity contribution in [1.82, 2.24) is 14.4 Å². The second-order valence-electron chi connectivity index (χ2n) is 6.76. The van der Waals surface area contributed by atoms with E-state index in [1.54, 1.807) is 0 Å². The lowest BCUT2D eigenvalue weighted by atomic mass is 10.1. The average molecular weight is 345 g/mol. The Bertz CT molecular complexity index is 1470. The Labute approximate surface area is 155 Å².